The maximum absolute atomic E-state index is 6.14. The highest BCUT2D eigenvalue weighted by Crippen LogP contribution is 2.44. The quantitative estimate of drug-likeness (QED) is 0.666. The third kappa shape index (κ3) is 1.61. The van der Waals surface area contributed by atoms with Gasteiger partial charge in [-0.25, -0.2) is 0 Å². The lowest BCUT2D eigenvalue weighted by atomic mass is 9.86. The second kappa shape index (κ2) is 3.72. The van der Waals surface area contributed by atoms with Crippen molar-refractivity contribution >= 4 is 0 Å². The highest BCUT2D eigenvalue weighted by molar-refractivity contribution is 4.92. The molecule has 0 amide bonds. The highest BCUT2D eigenvalue weighted by Gasteiger charge is 2.49. The summed E-state index contributed by atoms with van der Waals surface area (Å²) in [6.45, 7) is 3.84. The summed E-state index contributed by atoms with van der Waals surface area (Å²) >= 11 is 0. The van der Waals surface area contributed by atoms with E-state index in [1.54, 1.807) is 0 Å². The summed E-state index contributed by atoms with van der Waals surface area (Å²) in [6.07, 6.45) is 6.33. The van der Waals surface area contributed by atoms with Gasteiger partial charge in [-0.3, -0.25) is 0 Å². The molecule has 3 heteroatoms. The van der Waals surface area contributed by atoms with E-state index < -0.39 is 0 Å². The third-order valence-corrected chi connectivity index (χ3v) is 4.12. The lowest BCUT2D eigenvalue weighted by Crippen LogP contribution is -2.45. The molecule has 1 spiro atoms. The van der Waals surface area contributed by atoms with Crippen LogP contribution in [0.5, 0.6) is 0 Å². The van der Waals surface area contributed by atoms with Crippen molar-refractivity contribution in [2.24, 2.45) is 5.92 Å². The van der Waals surface area contributed by atoms with Crippen molar-refractivity contribution in [3.8, 4) is 0 Å². The first-order valence-corrected chi connectivity index (χ1v) is 6.26. The SMILES string of the molecule is CCC1OCC2OC3(CCCO3)CCC12. The van der Waals surface area contributed by atoms with Gasteiger partial charge in [0.2, 0.25) is 0 Å². The molecule has 0 aromatic carbocycles. The van der Waals surface area contributed by atoms with Gasteiger partial charge in [-0.05, 0) is 19.3 Å². The molecule has 0 N–H and O–H groups in total. The fraction of sp³-hybridized carbons (Fsp3) is 1.00. The zero-order chi connectivity index (χ0) is 10.3. The van der Waals surface area contributed by atoms with Crippen LogP contribution in [0.1, 0.15) is 39.0 Å². The second-order valence-electron chi connectivity index (χ2n) is 5.00. The van der Waals surface area contributed by atoms with Crippen molar-refractivity contribution in [3.05, 3.63) is 0 Å². The first-order chi connectivity index (χ1) is 7.33. The molecule has 0 aliphatic carbocycles. The minimum absolute atomic E-state index is 0.229. The summed E-state index contributed by atoms with van der Waals surface area (Å²) in [4.78, 5) is 0. The topological polar surface area (TPSA) is 27.7 Å². The van der Waals surface area contributed by atoms with Crippen molar-refractivity contribution < 1.29 is 14.2 Å². The first-order valence-electron chi connectivity index (χ1n) is 6.26. The van der Waals surface area contributed by atoms with E-state index in [1.807, 2.05) is 0 Å². The Bertz CT molecular complexity index is 235. The van der Waals surface area contributed by atoms with Crippen LogP contribution in [-0.4, -0.2) is 31.2 Å². The number of rotatable bonds is 1. The van der Waals surface area contributed by atoms with Crippen LogP contribution in [0.15, 0.2) is 0 Å². The first kappa shape index (κ1) is 10.1. The van der Waals surface area contributed by atoms with Gasteiger partial charge in [0.15, 0.2) is 5.79 Å². The van der Waals surface area contributed by atoms with Crippen LogP contribution in [0, 0.1) is 5.92 Å². The molecule has 0 aromatic rings. The molecule has 3 fully saturated rings. The summed E-state index contributed by atoms with van der Waals surface area (Å²) in [7, 11) is 0. The van der Waals surface area contributed by atoms with Gasteiger partial charge < -0.3 is 14.2 Å². The summed E-state index contributed by atoms with van der Waals surface area (Å²) in [5.41, 5.74) is 0. The monoisotopic (exact) mass is 212 g/mol. The molecule has 3 nitrogen and oxygen atoms in total. The van der Waals surface area contributed by atoms with Gasteiger partial charge in [0.05, 0.1) is 25.4 Å². The maximum Gasteiger partial charge on any atom is 0.168 e. The fourth-order valence-corrected chi connectivity index (χ4v) is 3.30. The van der Waals surface area contributed by atoms with Crippen LogP contribution in [0.25, 0.3) is 0 Å². The van der Waals surface area contributed by atoms with E-state index in [0.29, 0.717) is 18.1 Å². The molecule has 3 rings (SSSR count). The van der Waals surface area contributed by atoms with Crippen LogP contribution >= 0.6 is 0 Å². The zero-order valence-corrected chi connectivity index (χ0v) is 9.41. The summed E-state index contributed by atoms with van der Waals surface area (Å²) in [5, 5.41) is 0. The zero-order valence-electron chi connectivity index (χ0n) is 9.41. The van der Waals surface area contributed by atoms with Gasteiger partial charge in [-0.1, -0.05) is 6.92 Å². The Morgan fingerprint density at radius 3 is 3.00 bits per heavy atom. The Kier molecular flexibility index (Phi) is 2.49. The lowest BCUT2D eigenvalue weighted by molar-refractivity contribution is -0.264. The van der Waals surface area contributed by atoms with E-state index in [-0.39, 0.29) is 5.79 Å². The molecule has 0 saturated carbocycles. The Balaban J connectivity index is 1.70. The van der Waals surface area contributed by atoms with Gasteiger partial charge in [-0.15, -0.1) is 0 Å². The average Bonchev–Trinajstić information content (AvgIpc) is 2.85. The minimum Gasteiger partial charge on any atom is -0.375 e. The largest absolute Gasteiger partial charge is 0.375 e. The minimum atomic E-state index is -0.229. The summed E-state index contributed by atoms with van der Waals surface area (Å²) in [6, 6.07) is 0. The van der Waals surface area contributed by atoms with Gasteiger partial charge >= 0.3 is 0 Å². The maximum atomic E-state index is 6.14. The molecule has 0 bridgehead atoms. The van der Waals surface area contributed by atoms with E-state index in [1.165, 1.54) is 6.42 Å². The molecular weight excluding hydrogens is 192 g/mol. The van der Waals surface area contributed by atoms with Crippen molar-refractivity contribution in [2.75, 3.05) is 13.2 Å². The number of hydrogen-bond donors (Lipinski definition) is 0. The molecule has 3 heterocycles. The molecule has 86 valence electrons. The normalized spacial score (nSPS) is 49.8. The lowest BCUT2D eigenvalue weighted by Gasteiger charge is -2.39. The predicted molar refractivity (Wildman–Crippen MR) is 55.5 cm³/mol. The van der Waals surface area contributed by atoms with Crippen LogP contribution < -0.4 is 0 Å². The van der Waals surface area contributed by atoms with Crippen molar-refractivity contribution in [1.82, 2.24) is 0 Å². The van der Waals surface area contributed by atoms with Crippen molar-refractivity contribution in [2.45, 2.75) is 57.0 Å². The number of ether oxygens (including phenoxy) is 3. The molecule has 0 radical (unpaired) electrons. The summed E-state index contributed by atoms with van der Waals surface area (Å²) in [5.74, 6) is 0.387. The van der Waals surface area contributed by atoms with Gasteiger partial charge in [0.1, 0.15) is 0 Å². The Labute approximate surface area is 91.1 Å². The molecule has 3 aliphatic rings. The standard InChI is InChI=1S/C12H20O3/c1-2-10-9-4-6-12(5-3-7-14-12)15-11(9)8-13-10/h9-11H,2-8H2,1H3. The number of hydrogen-bond acceptors (Lipinski definition) is 3. The van der Waals surface area contributed by atoms with E-state index in [0.717, 1.165) is 38.9 Å². The third-order valence-electron chi connectivity index (χ3n) is 4.12. The van der Waals surface area contributed by atoms with Crippen LogP contribution in [0.2, 0.25) is 0 Å². The molecule has 4 unspecified atom stereocenters. The van der Waals surface area contributed by atoms with E-state index >= 15 is 0 Å². The van der Waals surface area contributed by atoms with E-state index in [2.05, 4.69) is 6.92 Å². The smallest absolute Gasteiger partial charge is 0.168 e. The van der Waals surface area contributed by atoms with Crippen LogP contribution in [0.3, 0.4) is 0 Å². The molecule has 4 atom stereocenters. The second-order valence-corrected chi connectivity index (χ2v) is 5.00. The van der Waals surface area contributed by atoms with Crippen LogP contribution in [-0.2, 0) is 14.2 Å². The molecular formula is C12H20O3. The van der Waals surface area contributed by atoms with Crippen molar-refractivity contribution in [1.29, 1.82) is 0 Å². The Hall–Kier alpha value is -0.120. The van der Waals surface area contributed by atoms with Crippen LogP contribution in [0.4, 0.5) is 0 Å². The van der Waals surface area contributed by atoms with E-state index in [4.69, 9.17) is 14.2 Å². The van der Waals surface area contributed by atoms with E-state index in [9.17, 15) is 0 Å². The Morgan fingerprint density at radius 1 is 1.33 bits per heavy atom. The van der Waals surface area contributed by atoms with Gasteiger partial charge in [0, 0.05) is 18.8 Å². The predicted octanol–water partition coefficient (Wildman–Crippen LogP) is 2.10. The average molecular weight is 212 g/mol. The molecule has 3 aliphatic heterocycles. The van der Waals surface area contributed by atoms with Gasteiger partial charge in [0.25, 0.3) is 0 Å². The number of fused-ring (bicyclic) bond motifs is 1. The summed E-state index contributed by atoms with van der Waals surface area (Å²) < 4.78 is 17.7. The highest BCUT2D eigenvalue weighted by atomic mass is 16.7. The van der Waals surface area contributed by atoms with Crippen molar-refractivity contribution in [3.63, 3.8) is 0 Å². The Morgan fingerprint density at radius 2 is 2.27 bits per heavy atom. The molecule has 0 aromatic heterocycles. The fourth-order valence-electron chi connectivity index (χ4n) is 3.30. The molecule has 15 heavy (non-hydrogen) atoms. The van der Waals surface area contributed by atoms with Gasteiger partial charge in [-0.2, -0.15) is 0 Å². The molecule has 3 saturated heterocycles.